The van der Waals surface area contributed by atoms with E-state index in [1.165, 1.54) is 17.4 Å². The summed E-state index contributed by atoms with van der Waals surface area (Å²) in [6, 6.07) is 13.2. The van der Waals surface area contributed by atoms with Crippen molar-refractivity contribution < 1.29 is 12.8 Å². The number of thiazole rings is 1. The lowest BCUT2D eigenvalue weighted by Gasteiger charge is -2.06. The summed E-state index contributed by atoms with van der Waals surface area (Å²) in [5, 5.41) is 2.41. The molecule has 7 heteroatoms. The second-order valence-corrected chi connectivity index (χ2v) is 8.21. The van der Waals surface area contributed by atoms with Crippen LogP contribution in [0.3, 0.4) is 0 Å². The molecular formula is C18H17FN2O2S2. The van der Waals surface area contributed by atoms with Crippen molar-refractivity contribution in [1.82, 2.24) is 9.71 Å². The van der Waals surface area contributed by atoms with E-state index in [1.807, 2.05) is 18.4 Å². The molecule has 0 atom stereocenters. The van der Waals surface area contributed by atoms with Crippen LogP contribution >= 0.6 is 11.3 Å². The van der Waals surface area contributed by atoms with Gasteiger partial charge in [-0.05, 0) is 36.8 Å². The van der Waals surface area contributed by atoms with Gasteiger partial charge in [-0.15, -0.1) is 11.3 Å². The maximum atomic E-state index is 13.8. The average molecular weight is 376 g/mol. The Hall–Kier alpha value is -2.09. The van der Waals surface area contributed by atoms with Crippen LogP contribution in [-0.4, -0.2) is 19.9 Å². The zero-order valence-corrected chi connectivity index (χ0v) is 15.2. The van der Waals surface area contributed by atoms with Crippen LogP contribution in [-0.2, 0) is 16.4 Å². The van der Waals surface area contributed by atoms with Gasteiger partial charge in [0.15, 0.2) is 0 Å². The van der Waals surface area contributed by atoms with E-state index in [0.29, 0.717) is 17.0 Å². The van der Waals surface area contributed by atoms with E-state index in [4.69, 9.17) is 0 Å². The van der Waals surface area contributed by atoms with Crippen LogP contribution in [0.2, 0.25) is 0 Å². The van der Waals surface area contributed by atoms with Gasteiger partial charge < -0.3 is 0 Å². The largest absolute Gasteiger partial charge is 0.241 e. The van der Waals surface area contributed by atoms with Gasteiger partial charge in [-0.1, -0.05) is 24.3 Å². The van der Waals surface area contributed by atoms with Gasteiger partial charge in [0, 0.05) is 23.9 Å². The standard InChI is InChI=1S/C18H17FN2O2S2/c1-13-5-4-6-15(11-13)25(22,23)20-10-9-14-12-24-18(21-14)16-7-2-3-8-17(16)19/h2-8,11-12,20H,9-10H2,1H3. The third-order valence-electron chi connectivity index (χ3n) is 3.63. The van der Waals surface area contributed by atoms with Crippen molar-refractivity contribution >= 4 is 21.4 Å². The normalized spacial score (nSPS) is 11.6. The van der Waals surface area contributed by atoms with Crippen LogP contribution < -0.4 is 4.72 Å². The number of aryl methyl sites for hydroxylation is 1. The van der Waals surface area contributed by atoms with E-state index < -0.39 is 10.0 Å². The molecule has 25 heavy (non-hydrogen) atoms. The van der Waals surface area contributed by atoms with Crippen LogP contribution in [0.5, 0.6) is 0 Å². The predicted molar refractivity (Wildman–Crippen MR) is 97.6 cm³/mol. The van der Waals surface area contributed by atoms with E-state index in [0.717, 1.165) is 11.3 Å². The van der Waals surface area contributed by atoms with E-state index in [-0.39, 0.29) is 17.3 Å². The van der Waals surface area contributed by atoms with Crippen LogP contribution in [0, 0.1) is 12.7 Å². The third kappa shape index (κ3) is 4.31. The number of nitrogens with zero attached hydrogens (tertiary/aromatic N) is 1. The Labute approximate surface area is 150 Å². The Kier molecular flexibility index (Phi) is 5.27. The third-order valence-corrected chi connectivity index (χ3v) is 6.01. The lowest BCUT2D eigenvalue weighted by Crippen LogP contribution is -2.26. The molecule has 0 radical (unpaired) electrons. The lowest BCUT2D eigenvalue weighted by atomic mass is 10.2. The summed E-state index contributed by atoms with van der Waals surface area (Å²) in [5.41, 5.74) is 2.08. The zero-order valence-electron chi connectivity index (χ0n) is 13.6. The van der Waals surface area contributed by atoms with Gasteiger partial charge in [-0.25, -0.2) is 22.5 Å². The minimum atomic E-state index is -3.54. The summed E-state index contributed by atoms with van der Waals surface area (Å²) in [6.45, 7) is 2.08. The molecule has 3 aromatic rings. The summed E-state index contributed by atoms with van der Waals surface area (Å²) in [4.78, 5) is 4.64. The van der Waals surface area contributed by atoms with Crippen molar-refractivity contribution in [3.8, 4) is 10.6 Å². The highest BCUT2D eigenvalue weighted by atomic mass is 32.2. The van der Waals surface area contributed by atoms with Crippen LogP contribution in [0.25, 0.3) is 10.6 Å². The fourth-order valence-corrected chi connectivity index (χ4v) is 4.38. The topological polar surface area (TPSA) is 59.1 Å². The molecule has 0 saturated carbocycles. The molecule has 4 nitrogen and oxygen atoms in total. The van der Waals surface area contributed by atoms with E-state index in [1.54, 1.807) is 36.4 Å². The van der Waals surface area contributed by atoms with Crippen molar-refractivity contribution in [2.75, 3.05) is 6.54 Å². The Morgan fingerprint density at radius 3 is 2.72 bits per heavy atom. The van der Waals surface area contributed by atoms with Gasteiger partial charge in [0.1, 0.15) is 10.8 Å². The first kappa shape index (κ1) is 17.7. The van der Waals surface area contributed by atoms with Crippen LogP contribution in [0.4, 0.5) is 4.39 Å². The molecular weight excluding hydrogens is 359 g/mol. The molecule has 0 saturated heterocycles. The fraction of sp³-hybridized carbons (Fsp3) is 0.167. The maximum Gasteiger partial charge on any atom is 0.240 e. The molecule has 2 aromatic carbocycles. The number of rotatable bonds is 6. The molecule has 130 valence electrons. The molecule has 1 heterocycles. The highest BCUT2D eigenvalue weighted by Gasteiger charge is 2.14. The van der Waals surface area contributed by atoms with Crippen LogP contribution in [0.1, 0.15) is 11.3 Å². The molecule has 1 N–H and O–H groups in total. The van der Waals surface area contributed by atoms with Gasteiger partial charge in [0.2, 0.25) is 10.0 Å². The first-order valence-electron chi connectivity index (χ1n) is 7.71. The van der Waals surface area contributed by atoms with E-state index in [9.17, 15) is 12.8 Å². The molecule has 1 aromatic heterocycles. The van der Waals surface area contributed by atoms with Crippen molar-refractivity contribution in [2.24, 2.45) is 0 Å². The number of nitrogens with one attached hydrogen (secondary N) is 1. The maximum absolute atomic E-state index is 13.8. The number of halogens is 1. The summed E-state index contributed by atoms with van der Waals surface area (Å²) < 4.78 is 40.9. The summed E-state index contributed by atoms with van der Waals surface area (Å²) >= 11 is 1.34. The molecule has 3 rings (SSSR count). The Bertz CT molecular complexity index is 984. The van der Waals surface area contributed by atoms with Crippen LogP contribution in [0.15, 0.2) is 58.8 Å². The highest BCUT2D eigenvalue weighted by molar-refractivity contribution is 7.89. The second-order valence-electron chi connectivity index (χ2n) is 5.59. The molecule has 0 aliphatic carbocycles. The van der Waals surface area contributed by atoms with Gasteiger partial charge >= 0.3 is 0 Å². The van der Waals surface area contributed by atoms with Gasteiger partial charge in [-0.3, -0.25) is 0 Å². The predicted octanol–water partition coefficient (Wildman–Crippen LogP) is 3.78. The summed E-state index contributed by atoms with van der Waals surface area (Å²) in [5.74, 6) is -0.316. The number of hydrogen-bond acceptors (Lipinski definition) is 4. The molecule has 0 aliphatic heterocycles. The summed E-state index contributed by atoms with van der Waals surface area (Å²) in [6.07, 6.45) is 0.440. The average Bonchev–Trinajstić information content (AvgIpc) is 3.04. The minimum absolute atomic E-state index is 0.233. The number of benzene rings is 2. The molecule has 0 spiro atoms. The number of hydrogen-bond donors (Lipinski definition) is 1. The monoisotopic (exact) mass is 376 g/mol. The van der Waals surface area contributed by atoms with Crippen molar-refractivity contribution in [3.05, 3.63) is 71.0 Å². The minimum Gasteiger partial charge on any atom is -0.241 e. The fourth-order valence-electron chi connectivity index (χ4n) is 2.36. The SMILES string of the molecule is Cc1cccc(S(=O)(=O)NCCc2csc(-c3ccccc3F)n2)c1. The van der Waals surface area contributed by atoms with E-state index >= 15 is 0 Å². The second kappa shape index (κ2) is 7.43. The first-order valence-corrected chi connectivity index (χ1v) is 10.1. The Morgan fingerprint density at radius 1 is 1.16 bits per heavy atom. The first-order chi connectivity index (χ1) is 12.0. The quantitative estimate of drug-likeness (QED) is 0.712. The van der Waals surface area contributed by atoms with E-state index in [2.05, 4.69) is 9.71 Å². The van der Waals surface area contributed by atoms with Gasteiger partial charge in [0.25, 0.3) is 0 Å². The molecule has 0 aliphatic rings. The number of sulfonamides is 1. The van der Waals surface area contributed by atoms with Crippen molar-refractivity contribution in [1.29, 1.82) is 0 Å². The smallest absolute Gasteiger partial charge is 0.240 e. The van der Waals surface area contributed by atoms with Gasteiger partial charge in [-0.2, -0.15) is 0 Å². The number of aromatic nitrogens is 1. The van der Waals surface area contributed by atoms with Crippen molar-refractivity contribution in [3.63, 3.8) is 0 Å². The Morgan fingerprint density at radius 2 is 1.96 bits per heavy atom. The van der Waals surface area contributed by atoms with Gasteiger partial charge in [0.05, 0.1) is 10.6 Å². The molecule has 0 fully saturated rings. The molecule has 0 amide bonds. The highest BCUT2D eigenvalue weighted by Crippen LogP contribution is 2.26. The molecule has 0 unspecified atom stereocenters. The summed E-state index contributed by atoms with van der Waals surface area (Å²) in [7, 11) is -3.54. The molecule has 0 bridgehead atoms. The van der Waals surface area contributed by atoms with Crippen molar-refractivity contribution in [2.45, 2.75) is 18.2 Å². The Balaban J connectivity index is 1.64. The zero-order chi connectivity index (χ0) is 17.9. The lowest BCUT2D eigenvalue weighted by molar-refractivity contribution is 0.581.